The monoisotopic (exact) mass is 279 g/mol. The molecule has 6 nitrogen and oxygen atoms in total. The first-order valence-corrected chi connectivity index (χ1v) is 7.40. The van der Waals surface area contributed by atoms with Crippen molar-refractivity contribution in [1.82, 2.24) is 4.72 Å². The number of esters is 1. The van der Waals surface area contributed by atoms with Crippen LogP contribution in [0.1, 0.15) is 34.1 Å². The van der Waals surface area contributed by atoms with Crippen LogP contribution in [0.4, 0.5) is 0 Å². The van der Waals surface area contributed by atoms with Crippen LogP contribution in [0.25, 0.3) is 0 Å². The Labute approximate surface area is 108 Å². The minimum atomic E-state index is -3.62. The standard InChI is InChI=1S/C11H21NO5S/c1-5-17-10(14)6-7-18(15,16)12-8-9(13)11(2,3)4/h12H,5-8H2,1-4H3. The summed E-state index contributed by atoms with van der Waals surface area (Å²) in [5, 5.41) is 0. The van der Waals surface area contributed by atoms with Gasteiger partial charge in [0.15, 0.2) is 5.78 Å². The maximum Gasteiger partial charge on any atom is 0.306 e. The number of rotatable bonds is 7. The van der Waals surface area contributed by atoms with Crippen molar-refractivity contribution in [3.05, 3.63) is 0 Å². The molecule has 0 aromatic carbocycles. The molecule has 1 N–H and O–H groups in total. The van der Waals surface area contributed by atoms with Crippen molar-refractivity contribution >= 4 is 21.8 Å². The summed E-state index contributed by atoms with van der Waals surface area (Å²) in [5.74, 6) is -1.14. The number of carbonyl (C=O) groups excluding carboxylic acids is 2. The fraction of sp³-hybridized carbons (Fsp3) is 0.818. The summed E-state index contributed by atoms with van der Waals surface area (Å²) in [4.78, 5) is 22.5. The molecular weight excluding hydrogens is 258 g/mol. The van der Waals surface area contributed by atoms with E-state index in [0.29, 0.717) is 0 Å². The summed E-state index contributed by atoms with van der Waals surface area (Å²) in [6.07, 6.45) is -0.215. The molecule has 0 aliphatic carbocycles. The molecule has 0 unspecified atom stereocenters. The zero-order chi connectivity index (χ0) is 14.4. The Kier molecular flexibility index (Phi) is 6.48. The number of Topliss-reactive ketones (excluding diaryl/α,β-unsaturated/α-hetero) is 1. The summed E-state index contributed by atoms with van der Waals surface area (Å²) >= 11 is 0. The van der Waals surface area contributed by atoms with Crippen molar-refractivity contribution in [2.45, 2.75) is 34.1 Å². The van der Waals surface area contributed by atoms with E-state index in [-0.39, 0.29) is 31.1 Å². The molecule has 0 saturated carbocycles. The quantitative estimate of drug-likeness (QED) is 0.684. The van der Waals surface area contributed by atoms with Gasteiger partial charge in [-0.1, -0.05) is 20.8 Å². The van der Waals surface area contributed by atoms with Gasteiger partial charge in [-0.15, -0.1) is 0 Å². The first kappa shape index (κ1) is 17.1. The lowest BCUT2D eigenvalue weighted by atomic mass is 9.91. The fourth-order valence-electron chi connectivity index (χ4n) is 0.964. The predicted octanol–water partition coefficient (Wildman–Crippen LogP) is 0.474. The second kappa shape index (κ2) is 6.84. The Morgan fingerprint density at radius 2 is 1.78 bits per heavy atom. The molecule has 0 amide bonds. The lowest BCUT2D eigenvalue weighted by Crippen LogP contribution is -2.37. The Morgan fingerprint density at radius 1 is 1.22 bits per heavy atom. The summed E-state index contributed by atoms with van der Waals surface area (Å²) in [6.45, 7) is 6.74. The van der Waals surface area contributed by atoms with Gasteiger partial charge < -0.3 is 4.74 Å². The van der Waals surface area contributed by atoms with E-state index in [4.69, 9.17) is 0 Å². The highest BCUT2D eigenvalue weighted by atomic mass is 32.2. The molecular formula is C11H21NO5S. The number of nitrogens with one attached hydrogen (secondary N) is 1. The third-order valence-electron chi connectivity index (χ3n) is 2.17. The van der Waals surface area contributed by atoms with Crippen LogP contribution in [-0.4, -0.2) is 39.1 Å². The third-order valence-corrected chi connectivity index (χ3v) is 3.50. The zero-order valence-electron chi connectivity index (χ0n) is 11.3. The average molecular weight is 279 g/mol. The Balaban J connectivity index is 4.18. The van der Waals surface area contributed by atoms with Gasteiger partial charge in [-0.25, -0.2) is 13.1 Å². The van der Waals surface area contributed by atoms with Crippen LogP contribution in [0.3, 0.4) is 0 Å². The van der Waals surface area contributed by atoms with Gasteiger partial charge >= 0.3 is 5.97 Å². The third kappa shape index (κ3) is 7.39. The Bertz CT molecular complexity index is 394. The number of carbonyl (C=O) groups is 2. The minimum absolute atomic E-state index is 0.206. The fourth-order valence-corrected chi connectivity index (χ4v) is 1.89. The number of sulfonamides is 1. The van der Waals surface area contributed by atoms with Gasteiger partial charge in [0.2, 0.25) is 10.0 Å². The van der Waals surface area contributed by atoms with E-state index in [1.54, 1.807) is 27.7 Å². The maximum absolute atomic E-state index is 11.5. The Morgan fingerprint density at radius 3 is 2.22 bits per heavy atom. The van der Waals surface area contributed by atoms with E-state index in [1.165, 1.54) is 0 Å². The van der Waals surface area contributed by atoms with E-state index in [1.807, 2.05) is 0 Å². The molecule has 0 saturated heterocycles. The smallest absolute Gasteiger partial charge is 0.306 e. The number of ketones is 1. The highest BCUT2D eigenvalue weighted by Crippen LogP contribution is 2.13. The van der Waals surface area contributed by atoms with Crippen LogP contribution >= 0.6 is 0 Å². The van der Waals surface area contributed by atoms with E-state index in [2.05, 4.69) is 9.46 Å². The first-order valence-electron chi connectivity index (χ1n) is 5.74. The second-order valence-corrected chi connectivity index (χ2v) is 6.79. The molecule has 0 aliphatic rings. The second-order valence-electron chi connectivity index (χ2n) is 4.87. The molecule has 18 heavy (non-hydrogen) atoms. The van der Waals surface area contributed by atoms with Gasteiger partial charge in [0.25, 0.3) is 0 Å². The van der Waals surface area contributed by atoms with Gasteiger partial charge in [-0.05, 0) is 6.92 Å². The van der Waals surface area contributed by atoms with Crippen LogP contribution in [0.15, 0.2) is 0 Å². The summed E-state index contributed by atoms with van der Waals surface area (Å²) in [6, 6.07) is 0. The summed E-state index contributed by atoms with van der Waals surface area (Å²) < 4.78 is 29.8. The minimum Gasteiger partial charge on any atom is -0.466 e. The van der Waals surface area contributed by atoms with E-state index >= 15 is 0 Å². The molecule has 0 spiro atoms. The van der Waals surface area contributed by atoms with E-state index < -0.39 is 21.4 Å². The Hall–Kier alpha value is -0.950. The van der Waals surface area contributed by atoms with Crippen molar-refractivity contribution in [1.29, 1.82) is 0 Å². The zero-order valence-corrected chi connectivity index (χ0v) is 12.1. The van der Waals surface area contributed by atoms with Crippen LogP contribution in [0, 0.1) is 5.41 Å². The SMILES string of the molecule is CCOC(=O)CCS(=O)(=O)NCC(=O)C(C)(C)C. The van der Waals surface area contributed by atoms with Crippen molar-refractivity contribution in [3.8, 4) is 0 Å². The first-order chi connectivity index (χ1) is 8.08. The van der Waals surface area contributed by atoms with E-state index in [9.17, 15) is 18.0 Å². The van der Waals surface area contributed by atoms with Crippen molar-refractivity contribution in [3.63, 3.8) is 0 Å². The van der Waals surface area contributed by atoms with Gasteiger partial charge in [-0.3, -0.25) is 9.59 Å². The molecule has 0 aromatic rings. The highest BCUT2D eigenvalue weighted by Gasteiger charge is 2.23. The van der Waals surface area contributed by atoms with Crippen molar-refractivity contribution in [2.24, 2.45) is 5.41 Å². The van der Waals surface area contributed by atoms with Crippen molar-refractivity contribution < 1.29 is 22.7 Å². The number of hydrogen-bond acceptors (Lipinski definition) is 5. The highest BCUT2D eigenvalue weighted by molar-refractivity contribution is 7.89. The van der Waals surface area contributed by atoms with Gasteiger partial charge in [0.05, 0.1) is 25.3 Å². The maximum atomic E-state index is 11.5. The molecule has 0 heterocycles. The molecule has 0 rings (SSSR count). The molecule has 0 aliphatic heterocycles. The predicted molar refractivity (Wildman–Crippen MR) is 67.5 cm³/mol. The lowest BCUT2D eigenvalue weighted by Gasteiger charge is -2.16. The summed E-state index contributed by atoms with van der Waals surface area (Å²) in [5.41, 5.74) is -0.594. The number of ether oxygens (including phenoxy) is 1. The van der Waals surface area contributed by atoms with Crippen LogP contribution in [-0.2, 0) is 24.3 Å². The largest absolute Gasteiger partial charge is 0.466 e. The molecule has 0 aromatic heterocycles. The normalized spacial score (nSPS) is 12.2. The average Bonchev–Trinajstić information content (AvgIpc) is 2.22. The topological polar surface area (TPSA) is 89.5 Å². The molecule has 7 heteroatoms. The van der Waals surface area contributed by atoms with Crippen molar-refractivity contribution in [2.75, 3.05) is 18.9 Å². The molecule has 0 atom stereocenters. The molecule has 0 bridgehead atoms. The van der Waals surface area contributed by atoms with Crippen LogP contribution in [0.2, 0.25) is 0 Å². The lowest BCUT2D eigenvalue weighted by molar-refractivity contribution is -0.142. The molecule has 0 radical (unpaired) electrons. The summed E-state index contributed by atoms with van der Waals surface area (Å²) in [7, 11) is -3.62. The van der Waals surface area contributed by atoms with Crippen LogP contribution in [0.5, 0.6) is 0 Å². The van der Waals surface area contributed by atoms with Gasteiger partial charge in [0.1, 0.15) is 0 Å². The van der Waals surface area contributed by atoms with Crippen LogP contribution < -0.4 is 4.72 Å². The number of hydrogen-bond donors (Lipinski definition) is 1. The molecule has 0 fully saturated rings. The van der Waals surface area contributed by atoms with Gasteiger partial charge in [0, 0.05) is 5.41 Å². The van der Waals surface area contributed by atoms with E-state index in [0.717, 1.165) is 0 Å². The van der Waals surface area contributed by atoms with Gasteiger partial charge in [-0.2, -0.15) is 0 Å². The molecule has 106 valence electrons.